The van der Waals surface area contributed by atoms with Gasteiger partial charge in [-0.2, -0.15) is 0 Å². The highest BCUT2D eigenvalue weighted by Crippen LogP contribution is 2.26. The second-order valence-corrected chi connectivity index (χ2v) is 7.94. The number of hydrogen-bond donors (Lipinski definition) is 0. The molecule has 0 aliphatic rings. The molecule has 0 heterocycles. The van der Waals surface area contributed by atoms with Gasteiger partial charge in [0.15, 0.2) is 0 Å². The molecule has 0 aliphatic carbocycles. The molecule has 0 aliphatic heterocycles. The first-order valence-electron chi connectivity index (χ1n) is 10.1. The molecule has 0 saturated carbocycles. The van der Waals surface area contributed by atoms with Crippen molar-refractivity contribution in [2.75, 3.05) is 13.2 Å². The summed E-state index contributed by atoms with van der Waals surface area (Å²) in [7, 11) is 0. The third kappa shape index (κ3) is 6.85. The molecule has 3 aromatic rings. The van der Waals surface area contributed by atoms with Crippen molar-refractivity contribution in [2.24, 2.45) is 0 Å². The van der Waals surface area contributed by atoms with E-state index in [1.54, 1.807) is 36.4 Å². The Balaban J connectivity index is 1.60. The largest absolute Gasteiger partial charge is 0.490 e. The molecule has 0 amide bonds. The van der Waals surface area contributed by atoms with Gasteiger partial charge in [0.05, 0.1) is 11.7 Å². The average Bonchev–Trinajstić information content (AvgIpc) is 2.78. The van der Waals surface area contributed by atoms with Crippen LogP contribution in [-0.4, -0.2) is 31.3 Å². The van der Waals surface area contributed by atoms with Gasteiger partial charge in [0.1, 0.15) is 36.0 Å². The fourth-order valence-corrected chi connectivity index (χ4v) is 3.12. The molecule has 0 unspecified atom stereocenters. The molecule has 3 rings (SSSR count). The zero-order valence-electron chi connectivity index (χ0n) is 17.7. The molecule has 0 saturated heterocycles. The molecule has 0 spiro atoms. The van der Waals surface area contributed by atoms with Crippen LogP contribution < -0.4 is 14.2 Å². The number of rotatable bonds is 9. The summed E-state index contributed by atoms with van der Waals surface area (Å²) in [5, 5.41) is 0. The second kappa shape index (κ2) is 11.3. The predicted octanol–water partition coefficient (Wildman–Crippen LogP) is 5.69. The van der Waals surface area contributed by atoms with Crippen LogP contribution in [0.5, 0.6) is 17.2 Å². The van der Waals surface area contributed by atoms with E-state index >= 15 is 0 Å². The lowest BCUT2D eigenvalue weighted by molar-refractivity contribution is 0.0449. The lowest BCUT2D eigenvalue weighted by Crippen LogP contribution is -2.15. The van der Waals surface area contributed by atoms with E-state index in [1.165, 1.54) is 6.07 Å². The van der Waals surface area contributed by atoms with Gasteiger partial charge < -0.3 is 18.9 Å². The van der Waals surface area contributed by atoms with Gasteiger partial charge in [-0.3, -0.25) is 0 Å². The van der Waals surface area contributed by atoms with Gasteiger partial charge in [0.2, 0.25) is 0 Å². The van der Waals surface area contributed by atoms with Crippen LogP contribution in [0.15, 0.2) is 77.3 Å². The number of benzene rings is 3. The van der Waals surface area contributed by atoms with Crippen molar-refractivity contribution < 1.29 is 28.5 Å². The number of ether oxygens (including phenoxy) is 4. The minimum absolute atomic E-state index is 0.0890. The number of para-hydroxylation sites is 1. The van der Waals surface area contributed by atoms with Gasteiger partial charge in [-0.15, -0.1) is 0 Å². The van der Waals surface area contributed by atoms with Gasteiger partial charge in [0, 0.05) is 4.47 Å². The summed E-state index contributed by atoms with van der Waals surface area (Å²) in [4.78, 5) is 25.1. The Labute approximate surface area is 195 Å². The third-order valence-electron chi connectivity index (χ3n) is 4.13. The Morgan fingerprint density at radius 3 is 2.34 bits per heavy atom. The molecule has 0 aromatic heterocycles. The van der Waals surface area contributed by atoms with Gasteiger partial charge in [0.25, 0.3) is 0 Å². The van der Waals surface area contributed by atoms with Gasteiger partial charge >= 0.3 is 11.9 Å². The summed E-state index contributed by atoms with van der Waals surface area (Å²) in [6.07, 6.45) is -0.105. The Kier molecular flexibility index (Phi) is 8.27. The Morgan fingerprint density at radius 2 is 1.59 bits per heavy atom. The number of halogens is 1. The lowest BCUT2D eigenvalue weighted by Gasteiger charge is -2.14. The summed E-state index contributed by atoms with van der Waals surface area (Å²) in [6, 6.07) is 20.6. The number of hydrogen-bond acceptors (Lipinski definition) is 6. The van der Waals surface area contributed by atoms with Crippen LogP contribution in [0.2, 0.25) is 0 Å². The average molecular weight is 499 g/mol. The number of carbonyl (C=O) groups is 2. The van der Waals surface area contributed by atoms with Gasteiger partial charge in [-0.1, -0.05) is 40.2 Å². The highest BCUT2D eigenvalue weighted by molar-refractivity contribution is 9.10. The first-order valence-corrected chi connectivity index (χ1v) is 10.8. The fraction of sp³-hybridized carbons (Fsp3) is 0.200. The maximum absolute atomic E-state index is 12.7. The maximum atomic E-state index is 12.7. The van der Waals surface area contributed by atoms with E-state index in [0.717, 1.165) is 4.47 Å². The Morgan fingerprint density at radius 1 is 0.844 bits per heavy atom. The van der Waals surface area contributed by atoms with Crippen LogP contribution in [0, 0.1) is 0 Å². The van der Waals surface area contributed by atoms with E-state index in [1.807, 2.05) is 44.2 Å². The lowest BCUT2D eigenvalue weighted by atomic mass is 10.2. The molecule has 3 aromatic carbocycles. The summed E-state index contributed by atoms with van der Waals surface area (Å²) in [5.41, 5.74) is 0.544. The predicted molar refractivity (Wildman–Crippen MR) is 124 cm³/mol. The first kappa shape index (κ1) is 23.3. The van der Waals surface area contributed by atoms with Crippen molar-refractivity contribution in [1.82, 2.24) is 0 Å². The molecule has 166 valence electrons. The highest BCUT2D eigenvalue weighted by Gasteiger charge is 2.18. The van der Waals surface area contributed by atoms with E-state index in [0.29, 0.717) is 11.5 Å². The monoisotopic (exact) mass is 498 g/mol. The number of esters is 2. The zero-order chi connectivity index (χ0) is 22.9. The normalized spacial score (nSPS) is 10.5. The van der Waals surface area contributed by atoms with Gasteiger partial charge in [-0.05, 0) is 62.4 Å². The third-order valence-corrected chi connectivity index (χ3v) is 4.63. The molecule has 0 fully saturated rings. The van der Waals surface area contributed by atoms with Crippen LogP contribution in [-0.2, 0) is 4.74 Å². The SMILES string of the molecule is CC(C)Oc1ccc(Br)cc1C(=O)Oc1cccc(C(=O)OCCOc2ccccc2)c1. The van der Waals surface area contributed by atoms with Gasteiger partial charge in [-0.25, -0.2) is 9.59 Å². The molecule has 0 N–H and O–H groups in total. The van der Waals surface area contributed by atoms with Crippen LogP contribution in [0.25, 0.3) is 0 Å². The smallest absolute Gasteiger partial charge is 0.347 e. The molecule has 32 heavy (non-hydrogen) atoms. The standard InChI is InChI=1S/C25H23BrO6/c1-17(2)31-23-12-11-19(26)16-22(23)25(28)32-21-10-6-7-18(15-21)24(27)30-14-13-29-20-8-4-3-5-9-20/h3-12,15-17H,13-14H2,1-2H3. The molecule has 0 radical (unpaired) electrons. The maximum Gasteiger partial charge on any atom is 0.347 e. The topological polar surface area (TPSA) is 71.1 Å². The molecule has 7 heteroatoms. The van der Waals surface area contributed by atoms with Crippen molar-refractivity contribution in [3.8, 4) is 17.2 Å². The molecule has 0 bridgehead atoms. The minimum atomic E-state index is -0.594. The van der Waals surface area contributed by atoms with E-state index in [9.17, 15) is 9.59 Å². The molecular weight excluding hydrogens is 476 g/mol. The Hall–Kier alpha value is -3.32. The van der Waals surface area contributed by atoms with E-state index in [-0.39, 0.29) is 36.2 Å². The summed E-state index contributed by atoms with van der Waals surface area (Å²) >= 11 is 3.36. The molecule has 0 atom stereocenters. The summed E-state index contributed by atoms with van der Waals surface area (Å²) in [5.74, 6) is 0.211. The van der Waals surface area contributed by atoms with Crippen molar-refractivity contribution in [2.45, 2.75) is 20.0 Å². The van der Waals surface area contributed by atoms with E-state index < -0.39 is 11.9 Å². The van der Waals surface area contributed by atoms with Crippen LogP contribution >= 0.6 is 15.9 Å². The zero-order valence-corrected chi connectivity index (χ0v) is 19.3. The fourth-order valence-electron chi connectivity index (χ4n) is 2.76. The second-order valence-electron chi connectivity index (χ2n) is 7.02. The Bertz CT molecular complexity index is 1070. The van der Waals surface area contributed by atoms with E-state index in [4.69, 9.17) is 18.9 Å². The first-order chi connectivity index (χ1) is 15.4. The summed E-state index contributed by atoms with van der Waals surface area (Å²) < 4.78 is 22.6. The summed E-state index contributed by atoms with van der Waals surface area (Å²) in [6.45, 7) is 4.06. The number of carbonyl (C=O) groups excluding carboxylic acids is 2. The highest BCUT2D eigenvalue weighted by atomic mass is 79.9. The van der Waals surface area contributed by atoms with Crippen molar-refractivity contribution in [1.29, 1.82) is 0 Å². The molecule has 6 nitrogen and oxygen atoms in total. The van der Waals surface area contributed by atoms with E-state index in [2.05, 4.69) is 15.9 Å². The van der Waals surface area contributed by atoms with Crippen molar-refractivity contribution >= 4 is 27.9 Å². The van der Waals surface area contributed by atoms with Crippen molar-refractivity contribution in [3.63, 3.8) is 0 Å². The quantitative estimate of drug-likeness (QED) is 0.214. The van der Waals surface area contributed by atoms with Crippen LogP contribution in [0.3, 0.4) is 0 Å². The van der Waals surface area contributed by atoms with Crippen molar-refractivity contribution in [3.05, 3.63) is 88.4 Å². The molecular formula is C25H23BrO6. The van der Waals surface area contributed by atoms with Crippen LogP contribution in [0.1, 0.15) is 34.6 Å². The van der Waals surface area contributed by atoms with Crippen LogP contribution in [0.4, 0.5) is 0 Å². The minimum Gasteiger partial charge on any atom is -0.490 e.